The highest BCUT2D eigenvalue weighted by atomic mass is 15.2. The van der Waals surface area contributed by atoms with Crippen LogP contribution in [0.25, 0.3) is 0 Å². The standard InChI is InChI=1S/C21H29N3/c1-3-18-11-12-20(22-14-18)16-23(2)17-21-10-7-13-24(21)15-19-8-5-4-6-9-19/h4-6,8-9,11-12,14,21H,3,7,10,13,15-17H2,1-2H3/t21-/m1/s1. The molecule has 3 rings (SSSR count). The Hall–Kier alpha value is -1.71. The van der Waals surface area contributed by atoms with Crippen molar-refractivity contribution >= 4 is 0 Å². The van der Waals surface area contributed by atoms with E-state index in [0.29, 0.717) is 6.04 Å². The minimum absolute atomic E-state index is 0.658. The molecule has 1 fully saturated rings. The molecule has 3 nitrogen and oxygen atoms in total. The Labute approximate surface area is 146 Å². The van der Waals surface area contributed by atoms with Crippen LogP contribution in [-0.2, 0) is 19.5 Å². The van der Waals surface area contributed by atoms with E-state index < -0.39 is 0 Å². The molecule has 0 aliphatic carbocycles. The van der Waals surface area contributed by atoms with Crippen molar-refractivity contribution in [2.75, 3.05) is 20.1 Å². The van der Waals surface area contributed by atoms with Gasteiger partial charge in [0.1, 0.15) is 0 Å². The molecule has 1 aliphatic rings. The van der Waals surface area contributed by atoms with Crippen molar-refractivity contribution in [1.82, 2.24) is 14.8 Å². The number of likely N-dealkylation sites (tertiary alicyclic amines) is 1. The van der Waals surface area contributed by atoms with E-state index in [1.54, 1.807) is 0 Å². The van der Waals surface area contributed by atoms with Gasteiger partial charge in [0.2, 0.25) is 0 Å². The third-order valence-electron chi connectivity index (χ3n) is 4.98. The minimum atomic E-state index is 0.658. The van der Waals surface area contributed by atoms with Crippen molar-refractivity contribution in [2.24, 2.45) is 0 Å². The number of hydrogen-bond donors (Lipinski definition) is 0. The summed E-state index contributed by atoms with van der Waals surface area (Å²) in [6.45, 7) is 6.51. The number of benzene rings is 1. The molecule has 2 aromatic rings. The third kappa shape index (κ3) is 4.65. The van der Waals surface area contributed by atoms with Crippen LogP contribution in [0.3, 0.4) is 0 Å². The number of nitrogens with zero attached hydrogens (tertiary/aromatic N) is 3. The molecule has 1 atom stereocenters. The topological polar surface area (TPSA) is 19.4 Å². The van der Waals surface area contributed by atoms with Crippen molar-refractivity contribution in [3.63, 3.8) is 0 Å². The SMILES string of the molecule is CCc1ccc(CN(C)C[C@H]2CCCN2Cc2ccccc2)nc1. The summed E-state index contributed by atoms with van der Waals surface area (Å²) < 4.78 is 0. The van der Waals surface area contributed by atoms with Gasteiger partial charge in [-0.15, -0.1) is 0 Å². The Bertz CT molecular complexity index is 609. The molecule has 3 heteroatoms. The number of hydrogen-bond acceptors (Lipinski definition) is 3. The Morgan fingerprint density at radius 1 is 1.12 bits per heavy atom. The fourth-order valence-corrected chi connectivity index (χ4v) is 3.59. The summed E-state index contributed by atoms with van der Waals surface area (Å²) in [7, 11) is 2.22. The van der Waals surface area contributed by atoms with Crippen LogP contribution in [0.4, 0.5) is 0 Å². The summed E-state index contributed by atoms with van der Waals surface area (Å²) in [4.78, 5) is 9.65. The summed E-state index contributed by atoms with van der Waals surface area (Å²) in [5.74, 6) is 0. The molecule has 1 aromatic heterocycles. The molecular formula is C21H29N3. The highest BCUT2D eigenvalue weighted by Crippen LogP contribution is 2.21. The zero-order valence-electron chi connectivity index (χ0n) is 15.0. The molecule has 0 N–H and O–H groups in total. The zero-order valence-corrected chi connectivity index (χ0v) is 15.0. The van der Waals surface area contributed by atoms with Crippen LogP contribution < -0.4 is 0 Å². The summed E-state index contributed by atoms with van der Waals surface area (Å²) in [5.41, 5.74) is 3.90. The predicted octanol–water partition coefficient (Wildman–Crippen LogP) is 3.74. The Balaban J connectivity index is 1.53. The minimum Gasteiger partial charge on any atom is -0.299 e. The highest BCUT2D eigenvalue weighted by Gasteiger charge is 2.25. The van der Waals surface area contributed by atoms with Crippen molar-refractivity contribution in [2.45, 2.75) is 45.3 Å². The lowest BCUT2D eigenvalue weighted by Gasteiger charge is -2.28. The van der Waals surface area contributed by atoms with Crippen LogP contribution in [-0.4, -0.2) is 41.0 Å². The van der Waals surface area contributed by atoms with Crippen LogP contribution in [0.5, 0.6) is 0 Å². The second-order valence-electron chi connectivity index (χ2n) is 6.96. The molecule has 1 aromatic carbocycles. The fraction of sp³-hybridized carbons (Fsp3) is 0.476. The quantitative estimate of drug-likeness (QED) is 0.774. The summed E-state index contributed by atoms with van der Waals surface area (Å²) >= 11 is 0. The Morgan fingerprint density at radius 3 is 2.67 bits per heavy atom. The molecule has 1 saturated heterocycles. The maximum atomic E-state index is 4.60. The molecule has 128 valence electrons. The number of aryl methyl sites for hydroxylation is 1. The van der Waals surface area contributed by atoms with E-state index in [9.17, 15) is 0 Å². The fourth-order valence-electron chi connectivity index (χ4n) is 3.59. The van der Waals surface area contributed by atoms with Crippen LogP contribution in [0.15, 0.2) is 48.7 Å². The first kappa shape index (κ1) is 17.1. The maximum Gasteiger partial charge on any atom is 0.0544 e. The van der Waals surface area contributed by atoms with Gasteiger partial charge in [0.15, 0.2) is 0 Å². The van der Waals surface area contributed by atoms with Gasteiger partial charge in [-0.1, -0.05) is 43.3 Å². The van der Waals surface area contributed by atoms with Gasteiger partial charge in [-0.2, -0.15) is 0 Å². The first-order valence-corrected chi connectivity index (χ1v) is 9.15. The summed E-state index contributed by atoms with van der Waals surface area (Å²) in [6.07, 6.45) is 5.69. The van der Waals surface area contributed by atoms with E-state index in [0.717, 1.165) is 26.1 Å². The Morgan fingerprint density at radius 2 is 1.96 bits per heavy atom. The molecule has 1 aliphatic heterocycles. The van der Waals surface area contributed by atoms with E-state index in [1.807, 2.05) is 6.20 Å². The van der Waals surface area contributed by atoms with Crippen molar-refractivity contribution in [1.29, 1.82) is 0 Å². The van der Waals surface area contributed by atoms with Gasteiger partial charge in [-0.3, -0.25) is 14.8 Å². The normalized spacial score (nSPS) is 18.4. The van der Waals surface area contributed by atoms with Crippen LogP contribution in [0.1, 0.15) is 36.6 Å². The highest BCUT2D eigenvalue weighted by molar-refractivity contribution is 5.15. The van der Waals surface area contributed by atoms with Crippen LogP contribution >= 0.6 is 0 Å². The molecule has 0 spiro atoms. The zero-order chi connectivity index (χ0) is 16.8. The van der Waals surface area contributed by atoms with E-state index in [2.05, 4.69) is 71.2 Å². The molecule has 0 radical (unpaired) electrons. The average molecular weight is 323 g/mol. The van der Waals surface area contributed by atoms with Gasteiger partial charge >= 0.3 is 0 Å². The molecule has 2 heterocycles. The number of rotatable bonds is 7. The van der Waals surface area contributed by atoms with E-state index >= 15 is 0 Å². The van der Waals surface area contributed by atoms with E-state index in [-0.39, 0.29) is 0 Å². The second kappa shape index (κ2) is 8.41. The van der Waals surface area contributed by atoms with Gasteiger partial charge in [-0.25, -0.2) is 0 Å². The Kier molecular flexibility index (Phi) is 6.00. The van der Waals surface area contributed by atoms with Gasteiger partial charge < -0.3 is 0 Å². The lowest BCUT2D eigenvalue weighted by atomic mass is 10.1. The smallest absolute Gasteiger partial charge is 0.0544 e. The lowest BCUT2D eigenvalue weighted by molar-refractivity contribution is 0.181. The van der Waals surface area contributed by atoms with E-state index in [1.165, 1.54) is 36.2 Å². The lowest BCUT2D eigenvalue weighted by Crippen LogP contribution is -2.38. The first-order valence-electron chi connectivity index (χ1n) is 9.15. The number of pyridine rings is 1. The monoisotopic (exact) mass is 323 g/mol. The molecule has 24 heavy (non-hydrogen) atoms. The van der Waals surface area contributed by atoms with E-state index in [4.69, 9.17) is 0 Å². The molecule has 0 amide bonds. The van der Waals surface area contributed by atoms with Crippen molar-refractivity contribution in [3.8, 4) is 0 Å². The average Bonchev–Trinajstić information content (AvgIpc) is 3.03. The summed E-state index contributed by atoms with van der Waals surface area (Å²) in [5, 5.41) is 0. The number of aromatic nitrogens is 1. The van der Waals surface area contributed by atoms with Gasteiger partial charge in [-0.05, 0) is 50.0 Å². The van der Waals surface area contributed by atoms with Crippen LogP contribution in [0.2, 0.25) is 0 Å². The second-order valence-corrected chi connectivity index (χ2v) is 6.96. The van der Waals surface area contributed by atoms with Crippen molar-refractivity contribution in [3.05, 3.63) is 65.5 Å². The maximum absolute atomic E-state index is 4.60. The molecular weight excluding hydrogens is 294 g/mol. The largest absolute Gasteiger partial charge is 0.299 e. The predicted molar refractivity (Wildman–Crippen MR) is 99.8 cm³/mol. The van der Waals surface area contributed by atoms with Crippen LogP contribution in [0, 0.1) is 0 Å². The molecule has 0 saturated carbocycles. The first-order chi connectivity index (χ1) is 11.7. The van der Waals surface area contributed by atoms with Crippen molar-refractivity contribution < 1.29 is 0 Å². The third-order valence-corrected chi connectivity index (χ3v) is 4.98. The van der Waals surface area contributed by atoms with Gasteiger partial charge in [0, 0.05) is 31.9 Å². The molecule has 0 bridgehead atoms. The summed E-state index contributed by atoms with van der Waals surface area (Å²) in [6, 6.07) is 15.9. The number of likely N-dealkylation sites (N-methyl/N-ethyl adjacent to an activating group) is 1. The molecule has 0 unspecified atom stereocenters. The van der Waals surface area contributed by atoms with Gasteiger partial charge in [0.05, 0.1) is 5.69 Å². The van der Waals surface area contributed by atoms with Gasteiger partial charge in [0.25, 0.3) is 0 Å².